The predicted octanol–water partition coefficient (Wildman–Crippen LogP) is 5.57. The number of aromatic nitrogens is 3. The first kappa shape index (κ1) is 47.1. The number of anilines is 2. The lowest BCUT2D eigenvalue weighted by atomic mass is 10.1. The summed E-state index contributed by atoms with van der Waals surface area (Å²) in [7, 11) is 3.18. The SMILES string of the molecule is CCCCN1CN(N2CCN(c3ccc(OCC4COC(Cn5c[n+](C(C)OC(=O)N(C)c6cccc(Cl)c6COC(=O)CNC)cn5)(c5ccc(Cl)cc5Cl)O4)cc3)CC2)C(=O)N1. The van der Waals surface area contributed by atoms with Gasteiger partial charge in [-0.3, -0.25) is 15.1 Å². The maximum absolute atomic E-state index is 13.4. The molecule has 21 heteroatoms. The molecule has 0 radical (unpaired) electrons. The number of piperazine rings is 1. The molecule has 3 aromatic carbocycles. The maximum Gasteiger partial charge on any atom is 0.416 e. The zero-order chi connectivity index (χ0) is 45.4. The number of hydrazine groups is 2. The highest BCUT2D eigenvalue weighted by Gasteiger charge is 2.47. The van der Waals surface area contributed by atoms with Crippen molar-refractivity contribution in [3.8, 4) is 5.75 Å². The molecule has 4 heterocycles. The topological polar surface area (TPSA) is 159 Å². The van der Waals surface area contributed by atoms with Gasteiger partial charge in [0.25, 0.3) is 6.33 Å². The number of nitrogens with one attached hydrogen (secondary N) is 2. The summed E-state index contributed by atoms with van der Waals surface area (Å²) in [5, 5.41) is 14.3. The second-order valence-corrected chi connectivity index (χ2v) is 16.9. The Labute approximate surface area is 387 Å². The zero-order valence-electron chi connectivity index (χ0n) is 36.3. The highest BCUT2D eigenvalue weighted by atomic mass is 35.5. The summed E-state index contributed by atoms with van der Waals surface area (Å²) in [6, 6.07) is 18.0. The summed E-state index contributed by atoms with van der Waals surface area (Å²) in [5.41, 5.74) is 5.47. The van der Waals surface area contributed by atoms with Gasteiger partial charge in [-0.1, -0.05) is 60.3 Å². The monoisotopic (exact) mass is 943 g/mol. The zero-order valence-corrected chi connectivity index (χ0v) is 38.5. The average Bonchev–Trinajstić information content (AvgIpc) is 4.03. The molecular formula is C43H54Cl3N10O8+. The molecule has 4 aromatic rings. The van der Waals surface area contributed by atoms with Crippen molar-refractivity contribution in [2.45, 2.75) is 58.0 Å². The van der Waals surface area contributed by atoms with Crippen molar-refractivity contribution in [1.82, 2.24) is 35.5 Å². The quantitative estimate of drug-likeness (QED) is 0.0944. The molecule has 7 rings (SSSR count). The molecule has 3 amide bonds. The molecular weight excluding hydrogens is 891 g/mol. The van der Waals surface area contributed by atoms with Crippen LogP contribution in [0.2, 0.25) is 15.1 Å². The summed E-state index contributed by atoms with van der Waals surface area (Å²) in [6.45, 7) is 8.65. The van der Waals surface area contributed by atoms with Crippen LogP contribution in [0.3, 0.4) is 0 Å². The second-order valence-electron chi connectivity index (χ2n) is 15.6. The lowest BCUT2D eigenvalue weighted by Gasteiger charge is -2.39. The smallest absolute Gasteiger partial charge is 0.416 e. The van der Waals surface area contributed by atoms with Gasteiger partial charge in [-0.05, 0) is 62.0 Å². The van der Waals surface area contributed by atoms with Crippen LogP contribution >= 0.6 is 34.8 Å². The van der Waals surface area contributed by atoms with Gasteiger partial charge >= 0.3 is 18.1 Å². The molecule has 3 aliphatic rings. The van der Waals surface area contributed by atoms with Gasteiger partial charge in [0.1, 0.15) is 31.7 Å². The van der Waals surface area contributed by atoms with Crippen molar-refractivity contribution in [1.29, 1.82) is 0 Å². The summed E-state index contributed by atoms with van der Waals surface area (Å²) in [6.07, 6.45) is 3.36. The van der Waals surface area contributed by atoms with Crippen molar-refractivity contribution < 1.29 is 42.6 Å². The molecule has 2 N–H and O–H groups in total. The summed E-state index contributed by atoms with van der Waals surface area (Å²) in [5.74, 6) is -1.15. The van der Waals surface area contributed by atoms with Crippen LogP contribution in [0.15, 0.2) is 73.3 Å². The van der Waals surface area contributed by atoms with E-state index >= 15 is 0 Å². The fraction of sp³-hybridized carbons (Fsp3) is 0.465. The number of rotatable bonds is 18. The lowest BCUT2D eigenvalue weighted by Crippen LogP contribution is -2.54. The van der Waals surface area contributed by atoms with Crippen LogP contribution < -0.4 is 29.8 Å². The molecule has 3 aliphatic heterocycles. The number of unbranched alkanes of at least 4 members (excludes halogenated alkanes) is 1. The minimum atomic E-state index is -1.37. The van der Waals surface area contributed by atoms with Crippen LogP contribution in [0, 0.1) is 0 Å². The molecule has 3 saturated heterocycles. The van der Waals surface area contributed by atoms with E-state index < -0.39 is 30.2 Å². The minimum absolute atomic E-state index is 0.0272. The standard InChI is InChI=1S/C43H53Cl3N10O8/c1-5-6-16-53-29-56(41(58)49-53)55-19-17-51(18-20-55)32-11-13-33(14-12-32)60-23-34-24-62-43(64-34,36-15-10-31(44)21-38(36)46)26-54-28-52(27-48-54)30(2)63-42(59)50(4)39-9-7-8-37(45)35(39)25-61-40(57)22-47-3/h7-15,21,27-28,30,34,47H,5-6,16-20,22-26,29H2,1-4H3/p+1. The van der Waals surface area contributed by atoms with E-state index in [1.165, 1.54) is 11.2 Å². The van der Waals surface area contributed by atoms with Crippen LogP contribution in [0.1, 0.15) is 44.0 Å². The number of amides is 3. The van der Waals surface area contributed by atoms with Gasteiger partial charge in [0.15, 0.2) is 6.54 Å². The van der Waals surface area contributed by atoms with Gasteiger partial charge in [-0.25, -0.2) is 19.6 Å². The van der Waals surface area contributed by atoms with Crippen LogP contribution in [0.5, 0.6) is 5.75 Å². The number of ether oxygens (including phenoxy) is 5. The van der Waals surface area contributed by atoms with Gasteiger partial charge in [0, 0.05) is 78.7 Å². The van der Waals surface area contributed by atoms with Crippen molar-refractivity contribution in [3.05, 3.63) is 99.5 Å². The first-order valence-corrected chi connectivity index (χ1v) is 22.3. The Morgan fingerprint density at radius 1 is 1.08 bits per heavy atom. The van der Waals surface area contributed by atoms with Crippen molar-refractivity contribution in [2.24, 2.45) is 0 Å². The number of carbonyl (C=O) groups excluding carboxylic acids is 3. The van der Waals surface area contributed by atoms with Gasteiger partial charge in [-0.15, -0.1) is 4.68 Å². The number of esters is 1. The van der Waals surface area contributed by atoms with Gasteiger partial charge < -0.3 is 33.9 Å². The molecule has 0 bridgehead atoms. The first-order chi connectivity index (χ1) is 30.9. The predicted molar refractivity (Wildman–Crippen MR) is 239 cm³/mol. The number of urea groups is 1. The molecule has 0 saturated carbocycles. The van der Waals surface area contributed by atoms with Crippen LogP contribution in [0.4, 0.5) is 21.0 Å². The summed E-state index contributed by atoms with van der Waals surface area (Å²) >= 11 is 19.5. The molecule has 3 unspecified atom stereocenters. The van der Waals surface area contributed by atoms with Crippen LogP contribution in [-0.4, -0.2) is 122 Å². The van der Waals surface area contributed by atoms with E-state index in [0.29, 0.717) is 44.3 Å². The fourth-order valence-electron chi connectivity index (χ4n) is 7.60. The van der Waals surface area contributed by atoms with Crippen molar-refractivity contribution >= 4 is 64.3 Å². The van der Waals surface area contributed by atoms with E-state index in [9.17, 15) is 14.4 Å². The Hall–Kier alpha value is -4.92. The van der Waals surface area contributed by atoms with E-state index in [-0.39, 0.29) is 38.9 Å². The fourth-order valence-corrected chi connectivity index (χ4v) is 8.38. The molecule has 3 atom stereocenters. The molecule has 0 spiro atoms. The Morgan fingerprint density at radius 3 is 2.59 bits per heavy atom. The number of carbonyl (C=O) groups is 3. The van der Waals surface area contributed by atoms with Crippen molar-refractivity contribution in [2.75, 3.05) is 83.0 Å². The highest BCUT2D eigenvalue weighted by Crippen LogP contribution is 2.40. The van der Waals surface area contributed by atoms with Gasteiger partial charge in [0.05, 0.1) is 23.9 Å². The molecule has 64 heavy (non-hydrogen) atoms. The third-order valence-corrected chi connectivity index (χ3v) is 12.0. The number of benzene rings is 3. The Morgan fingerprint density at radius 2 is 1.86 bits per heavy atom. The van der Waals surface area contributed by atoms with Crippen LogP contribution in [-0.2, 0) is 42.7 Å². The van der Waals surface area contributed by atoms with Gasteiger partial charge in [0.2, 0.25) is 18.3 Å². The van der Waals surface area contributed by atoms with E-state index in [0.717, 1.165) is 51.3 Å². The lowest BCUT2D eigenvalue weighted by molar-refractivity contribution is -0.753. The minimum Gasteiger partial charge on any atom is -0.491 e. The van der Waals surface area contributed by atoms with Crippen LogP contribution in [0.25, 0.3) is 0 Å². The van der Waals surface area contributed by atoms with Crippen molar-refractivity contribution in [3.63, 3.8) is 0 Å². The van der Waals surface area contributed by atoms with E-state index in [1.54, 1.807) is 78.0 Å². The second kappa shape index (κ2) is 21.4. The number of likely N-dealkylation sites (N-methyl/N-ethyl adjacent to an activating group) is 1. The van der Waals surface area contributed by atoms with E-state index in [1.807, 2.05) is 29.3 Å². The molecule has 0 aliphatic carbocycles. The summed E-state index contributed by atoms with van der Waals surface area (Å²) < 4.78 is 33.7. The largest absolute Gasteiger partial charge is 0.491 e. The molecule has 1 aromatic heterocycles. The highest BCUT2D eigenvalue weighted by molar-refractivity contribution is 6.35. The molecule has 344 valence electrons. The molecule has 3 fully saturated rings. The number of halogens is 3. The van der Waals surface area contributed by atoms with E-state index in [4.69, 9.17) is 58.5 Å². The Kier molecular flexibility index (Phi) is 15.7. The number of hydrogen-bond acceptors (Lipinski definition) is 13. The third-order valence-electron chi connectivity index (χ3n) is 11.1. The molecule has 18 nitrogen and oxygen atoms in total. The van der Waals surface area contributed by atoms with Gasteiger partial charge in [-0.2, -0.15) is 9.58 Å². The Balaban J connectivity index is 0.948. The Bertz CT molecular complexity index is 2250. The average molecular weight is 945 g/mol. The normalized spacial score (nSPS) is 19.7. The summed E-state index contributed by atoms with van der Waals surface area (Å²) in [4.78, 5) is 41.6. The maximum atomic E-state index is 13.4. The first-order valence-electron chi connectivity index (χ1n) is 21.1. The number of hydrogen-bond donors (Lipinski definition) is 2. The third kappa shape index (κ3) is 11.3. The number of nitrogens with zero attached hydrogens (tertiary/aromatic N) is 8. The van der Waals surface area contributed by atoms with E-state index in [2.05, 4.69) is 32.7 Å².